The molecule has 1 aromatic carbocycles. The molecule has 0 radical (unpaired) electrons. The fraction of sp³-hybridized carbons (Fsp3) is 0.417. The van der Waals surface area contributed by atoms with Crippen LogP contribution in [0.2, 0.25) is 0 Å². The van der Waals surface area contributed by atoms with Crippen LogP contribution < -0.4 is 5.32 Å². The number of hydrogen-bond donors (Lipinski definition) is 1. The number of carbonyl (C=O) groups is 1. The minimum Gasteiger partial charge on any atom is -0.388 e. The van der Waals surface area contributed by atoms with E-state index in [1.807, 2.05) is 0 Å². The van der Waals surface area contributed by atoms with Crippen LogP contribution in [0.15, 0.2) is 18.2 Å². The molecule has 0 saturated carbocycles. The van der Waals surface area contributed by atoms with Crippen LogP contribution in [0.1, 0.15) is 22.8 Å². The summed E-state index contributed by atoms with van der Waals surface area (Å²) in [5.74, 6) is -0.425. The molecule has 0 spiro atoms. The van der Waals surface area contributed by atoms with Crippen molar-refractivity contribution in [2.24, 2.45) is 0 Å². The highest BCUT2D eigenvalue weighted by Crippen LogP contribution is 2.35. The molecular weight excluding hydrogens is 245 g/mol. The zero-order chi connectivity index (χ0) is 13.9. The first-order valence-electron chi connectivity index (χ1n) is 5.45. The Kier molecular flexibility index (Phi) is 4.21. The monoisotopic (exact) mass is 260 g/mol. The highest BCUT2D eigenvalue weighted by Gasteiger charge is 2.34. The molecule has 6 heteroatoms. The normalized spacial score (nSPS) is 11.2. The van der Waals surface area contributed by atoms with Gasteiger partial charge in [-0.25, -0.2) is 0 Å². The van der Waals surface area contributed by atoms with Gasteiger partial charge in [-0.3, -0.25) is 4.79 Å². The summed E-state index contributed by atoms with van der Waals surface area (Å²) < 4.78 is 38.4. The van der Waals surface area contributed by atoms with Gasteiger partial charge < -0.3 is 10.2 Å². The van der Waals surface area contributed by atoms with E-state index in [4.69, 9.17) is 0 Å². The fourth-order valence-electron chi connectivity index (χ4n) is 1.49. The van der Waals surface area contributed by atoms with E-state index in [-0.39, 0.29) is 11.3 Å². The van der Waals surface area contributed by atoms with Crippen molar-refractivity contribution in [3.63, 3.8) is 0 Å². The average molecular weight is 260 g/mol. The Morgan fingerprint density at radius 3 is 2.44 bits per heavy atom. The van der Waals surface area contributed by atoms with Crippen molar-refractivity contribution in [1.82, 2.24) is 4.90 Å². The van der Waals surface area contributed by atoms with Crippen molar-refractivity contribution < 1.29 is 18.0 Å². The predicted molar refractivity (Wildman–Crippen MR) is 63.6 cm³/mol. The lowest BCUT2D eigenvalue weighted by Crippen LogP contribution is -2.26. The van der Waals surface area contributed by atoms with E-state index >= 15 is 0 Å². The molecular formula is C12H15F3N2O. The van der Waals surface area contributed by atoms with Gasteiger partial charge in [0, 0.05) is 31.9 Å². The van der Waals surface area contributed by atoms with Gasteiger partial charge in [0.1, 0.15) is 0 Å². The molecule has 1 N–H and O–H groups in total. The predicted octanol–water partition coefficient (Wildman–Crippen LogP) is 2.84. The second-order valence-corrected chi connectivity index (χ2v) is 3.83. The summed E-state index contributed by atoms with van der Waals surface area (Å²) in [4.78, 5) is 13.1. The summed E-state index contributed by atoms with van der Waals surface area (Å²) in [7, 11) is 2.95. The zero-order valence-electron chi connectivity index (χ0n) is 10.4. The molecule has 0 aliphatic heterocycles. The van der Waals surface area contributed by atoms with Crippen LogP contribution in [-0.2, 0) is 6.18 Å². The molecule has 0 bridgehead atoms. The molecule has 1 rings (SSSR count). The van der Waals surface area contributed by atoms with Crippen LogP contribution in [0.4, 0.5) is 18.9 Å². The average Bonchev–Trinajstić information content (AvgIpc) is 2.35. The van der Waals surface area contributed by atoms with Gasteiger partial charge in [0.15, 0.2) is 0 Å². The van der Waals surface area contributed by atoms with Gasteiger partial charge >= 0.3 is 6.18 Å². The highest BCUT2D eigenvalue weighted by atomic mass is 19.4. The van der Waals surface area contributed by atoms with E-state index in [0.29, 0.717) is 6.54 Å². The molecule has 0 aliphatic rings. The first kappa shape index (κ1) is 14.3. The molecule has 0 saturated heterocycles. The van der Waals surface area contributed by atoms with Crippen molar-refractivity contribution >= 4 is 11.6 Å². The number of halogens is 3. The van der Waals surface area contributed by atoms with Gasteiger partial charge in [-0.15, -0.1) is 0 Å². The second kappa shape index (κ2) is 5.29. The standard InChI is InChI=1S/C12H15F3N2O/c1-4-17(3)11(18)8-5-6-10(16-2)9(7-8)12(13,14)15/h5-7,16H,4H2,1-3H3. The molecule has 3 nitrogen and oxygen atoms in total. The van der Waals surface area contributed by atoms with Crippen LogP contribution in [0.25, 0.3) is 0 Å². The third kappa shape index (κ3) is 2.94. The zero-order valence-corrected chi connectivity index (χ0v) is 10.4. The second-order valence-electron chi connectivity index (χ2n) is 3.83. The Morgan fingerprint density at radius 1 is 1.39 bits per heavy atom. The lowest BCUT2D eigenvalue weighted by atomic mass is 10.1. The van der Waals surface area contributed by atoms with Crippen LogP contribution >= 0.6 is 0 Å². The Balaban J connectivity index is 3.23. The Morgan fingerprint density at radius 2 is 2.00 bits per heavy atom. The molecule has 0 fully saturated rings. The van der Waals surface area contributed by atoms with Crippen molar-refractivity contribution in [2.45, 2.75) is 13.1 Å². The Hall–Kier alpha value is -1.72. The van der Waals surface area contributed by atoms with E-state index in [1.54, 1.807) is 14.0 Å². The third-order valence-electron chi connectivity index (χ3n) is 2.66. The number of benzene rings is 1. The smallest absolute Gasteiger partial charge is 0.388 e. The van der Waals surface area contributed by atoms with Crippen LogP contribution in [0.3, 0.4) is 0 Å². The first-order valence-corrected chi connectivity index (χ1v) is 5.45. The maximum Gasteiger partial charge on any atom is 0.418 e. The molecule has 0 unspecified atom stereocenters. The van der Waals surface area contributed by atoms with Crippen LogP contribution in [-0.4, -0.2) is 31.4 Å². The summed E-state index contributed by atoms with van der Waals surface area (Å²) in [5, 5.41) is 2.47. The van der Waals surface area contributed by atoms with Crippen molar-refractivity contribution in [1.29, 1.82) is 0 Å². The van der Waals surface area contributed by atoms with Gasteiger partial charge in [-0.1, -0.05) is 0 Å². The number of amides is 1. The molecule has 1 aromatic rings. The van der Waals surface area contributed by atoms with Gasteiger partial charge in [0.05, 0.1) is 5.56 Å². The number of rotatable bonds is 3. The summed E-state index contributed by atoms with van der Waals surface area (Å²) in [6, 6.07) is 3.52. The summed E-state index contributed by atoms with van der Waals surface area (Å²) >= 11 is 0. The number of anilines is 1. The maximum absolute atomic E-state index is 12.8. The van der Waals surface area contributed by atoms with E-state index in [1.165, 1.54) is 24.1 Å². The highest BCUT2D eigenvalue weighted by molar-refractivity contribution is 5.94. The Labute approximate surface area is 104 Å². The van der Waals surface area contributed by atoms with Gasteiger partial charge in [-0.2, -0.15) is 13.2 Å². The van der Waals surface area contributed by atoms with Crippen molar-refractivity contribution in [3.05, 3.63) is 29.3 Å². The minimum absolute atomic E-state index is 0.0330. The number of nitrogens with zero attached hydrogens (tertiary/aromatic N) is 1. The van der Waals surface area contributed by atoms with E-state index in [9.17, 15) is 18.0 Å². The molecule has 0 heterocycles. The molecule has 0 aromatic heterocycles. The topological polar surface area (TPSA) is 32.3 Å². The van der Waals surface area contributed by atoms with Crippen LogP contribution in [0.5, 0.6) is 0 Å². The molecule has 0 atom stereocenters. The number of alkyl halides is 3. The van der Waals surface area contributed by atoms with Gasteiger partial charge in [-0.05, 0) is 25.1 Å². The van der Waals surface area contributed by atoms with Gasteiger partial charge in [0.25, 0.3) is 5.91 Å². The lowest BCUT2D eigenvalue weighted by Gasteiger charge is -2.17. The summed E-state index contributed by atoms with van der Waals surface area (Å²) in [6.45, 7) is 2.19. The maximum atomic E-state index is 12.8. The summed E-state index contributed by atoms with van der Waals surface area (Å²) in [6.07, 6.45) is -4.49. The number of hydrogen-bond acceptors (Lipinski definition) is 2. The van der Waals surface area contributed by atoms with Crippen LogP contribution in [0, 0.1) is 0 Å². The largest absolute Gasteiger partial charge is 0.418 e. The van der Waals surface area contributed by atoms with E-state index in [2.05, 4.69) is 5.32 Å². The molecule has 18 heavy (non-hydrogen) atoms. The Bertz CT molecular complexity index is 443. The first-order chi connectivity index (χ1) is 8.31. The quantitative estimate of drug-likeness (QED) is 0.906. The lowest BCUT2D eigenvalue weighted by molar-refractivity contribution is -0.136. The molecule has 1 amide bonds. The van der Waals surface area contributed by atoms with Crippen molar-refractivity contribution in [2.75, 3.05) is 26.0 Å². The number of nitrogens with one attached hydrogen (secondary N) is 1. The fourth-order valence-corrected chi connectivity index (χ4v) is 1.49. The summed E-state index contributed by atoms with van der Waals surface area (Å²) in [5.41, 5.74) is -0.843. The minimum atomic E-state index is -4.49. The third-order valence-corrected chi connectivity index (χ3v) is 2.66. The SMILES string of the molecule is CCN(C)C(=O)c1ccc(NC)c(C(F)(F)F)c1. The van der Waals surface area contributed by atoms with E-state index in [0.717, 1.165) is 6.07 Å². The molecule has 100 valence electrons. The molecule has 0 aliphatic carbocycles. The number of carbonyl (C=O) groups excluding carboxylic acids is 1. The van der Waals surface area contributed by atoms with Gasteiger partial charge in [0.2, 0.25) is 0 Å². The van der Waals surface area contributed by atoms with E-state index < -0.39 is 17.6 Å². The van der Waals surface area contributed by atoms with Crippen molar-refractivity contribution in [3.8, 4) is 0 Å².